The lowest BCUT2D eigenvalue weighted by atomic mass is 10.00. The third-order valence-electron chi connectivity index (χ3n) is 8.76. The number of carbonyl (C=O) groups is 2. The first-order chi connectivity index (χ1) is 27.2. The van der Waals surface area contributed by atoms with Crippen molar-refractivity contribution < 1.29 is 14.3 Å². The summed E-state index contributed by atoms with van der Waals surface area (Å²) in [5.74, 6) is 0.0958. The zero-order valence-corrected chi connectivity index (χ0v) is 32.2. The number of esters is 1. The van der Waals surface area contributed by atoms with Crippen molar-refractivity contribution in [2.24, 2.45) is 0 Å². The van der Waals surface area contributed by atoms with Crippen molar-refractivity contribution in [1.82, 2.24) is 0 Å². The maximum atomic E-state index is 12.0. The van der Waals surface area contributed by atoms with E-state index in [9.17, 15) is 9.59 Å². The van der Waals surface area contributed by atoms with Crippen LogP contribution in [0.3, 0.4) is 0 Å². The minimum Gasteiger partial charge on any atom is -0.423 e. The van der Waals surface area contributed by atoms with E-state index in [1.54, 1.807) is 38.1 Å². The molecule has 0 fully saturated rings. The van der Waals surface area contributed by atoms with Crippen LogP contribution in [0.25, 0.3) is 11.1 Å². The number of rotatable bonds is 11. The van der Waals surface area contributed by atoms with E-state index in [0.29, 0.717) is 16.9 Å². The van der Waals surface area contributed by atoms with Crippen LogP contribution in [0.4, 0.5) is 34.1 Å². The van der Waals surface area contributed by atoms with Gasteiger partial charge in [-0.25, -0.2) is 4.79 Å². The molecule has 0 heterocycles. The first-order valence-corrected chi connectivity index (χ1v) is 18.2. The quantitative estimate of drug-likeness (QED) is 0.0574. The van der Waals surface area contributed by atoms with Crippen molar-refractivity contribution in [1.29, 1.82) is 0 Å². The van der Waals surface area contributed by atoms with Crippen LogP contribution >= 0.6 is 0 Å². The van der Waals surface area contributed by atoms with Crippen LogP contribution in [0.5, 0.6) is 5.75 Å². The van der Waals surface area contributed by atoms with Gasteiger partial charge in [0.1, 0.15) is 5.75 Å². The van der Waals surface area contributed by atoms with E-state index in [1.807, 2.05) is 42.5 Å². The molecule has 5 nitrogen and oxygen atoms in total. The van der Waals surface area contributed by atoms with Crippen LogP contribution in [0.2, 0.25) is 0 Å². The van der Waals surface area contributed by atoms with Crippen molar-refractivity contribution in [3.63, 3.8) is 0 Å². The number of allylic oxidation sites excluding steroid dienone is 5. The summed E-state index contributed by atoms with van der Waals surface area (Å²) in [6.07, 6.45) is 5.42. The zero-order valence-electron chi connectivity index (χ0n) is 32.2. The Hall–Kier alpha value is -7.24. The molecule has 0 saturated carbocycles. The molecular formula is C51H46N2O3. The summed E-state index contributed by atoms with van der Waals surface area (Å²) in [4.78, 5) is 27.3. The molecule has 0 N–H and O–H groups in total. The van der Waals surface area contributed by atoms with Crippen molar-refractivity contribution in [2.45, 2.75) is 20.8 Å². The predicted octanol–water partition coefficient (Wildman–Crippen LogP) is 13.5. The van der Waals surface area contributed by atoms with Gasteiger partial charge in [0.25, 0.3) is 0 Å². The first-order valence-electron chi connectivity index (χ1n) is 18.2. The average Bonchev–Trinajstić information content (AvgIpc) is 3.21. The number of aryl methyl sites for hydroxylation is 1. The highest BCUT2D eigenvalue weighted by Crippen LogP contribution is 2.38. The Bertz CT molecular complexity index is 2320. The average molecular weight is 735 g/mol. The number of anilines is 6. The highest BCUT2D eigenvalue weighted by molar-refractivity contribution is 6.10. The Morgan fingerprint density at radius 3 is 1.18 bits per heavy atom. The number of ketones is 1. The van der Waals surface area contributed by atoms with E-state index < -0.39 is 5.97 Å². The molecule has 0 unspecified atom stereocenters. The molecule has 0 aromatic heterocycles. The number of Topliss-reactive ketones (excluding diaryl/α,β-unsaturated/α-hetero) is 1. The van der Waals surface area contributed by atoms with Crippen LogP contribution in [-0.4, -0.2) is 11.8 Å². The largest absolute Gasteiger partial charge is 0.423 e. The third kappa shape index (κ3) is 10.0. The van der Waals surface area contributed by atoms with E-state index in [1.165, 1.54) is 5.56 Å². The van der Waals surface area contributed by atoms with Gasteiger partial charge in [0.15, 0.2) is 5.78 Å². The molecule has 0 amide bonds. The van der Waals surface area contributed by atoms with Crippen LogP contribution in [0.15, 0.2) is 219 Å². The lowest BCUT2D eigenvalue weighted by molar-refractivity contribution is -0.130. The molecule has 6 aromatic rings. The number of carbonyl (C=O) groups excluding carboxylic acids is 2. The topological polar surface area (TPSA) is 49.9 Å². The summed E-state index contributed by atoms with van der Waals surface area (Å²) in [6, 6.07) is 54.0. The number of nitrogens with zero attached hydrogens (tertiary/aromatic N) is 2. The van der Waals surface area contributed by atoms with Gasteiger partial charge < -0.3 is 14.5 Å². The maximum absolute atomic E-state index is 12.0. The van der Waals surface area contributed by atoms with Gasteiger partial charge in [0.05, 0.1) is 0 Å². The fourth-order valence-electron chi connectivity index (χ4n) is 5.80. The second-order valence-corrected chi connectivity index (χ2v) is 13.0. The SMILES string of the molecule is C=C.C=C(C)C(=O)C1=CC=C1.C=C(C)C(=O)Oc1ccc(N(c2ccccc2)c2ccc(-c3ccc(N(c4ccccc4)c4ccc(C)cc4)cc3)cc2)cc1. The van der Waals surface area contributed by atoms with Crippen LogP contribution < -0.4 is 14.5 Å². The van der Waals surface area contributed by atoms with E-state index in [4.69, 9.17) is 4.74 Å². The minimum absolute atomic E-state index is 0.0532. The van der Waals surface area contributed by atoms with Gasteiger partial charge in [-0.3, -0.25) is 4.79 Å². The fourth-order valence-corrected chi connectivity index (χ4v) is 5.80. The molecule has 0 spiro atoms. The second-order valence-electron chi connectivity index (χ2n) is 13.0. The molecule has 1 aliphatic rings. The molecule has 0 saturated heterocycles. The van der Waals surface area contributed by atoms with Crippen LogP contribution in [0, 0.1) is 6.92 Å². The Labute approximate surface area is 331 Å². The normalized spacial score (nSPS) is 10.9. The van der Waals surface area contributed by atoms with Crippen molar-refractivity contribution in [2.75, 3.05) is 9.80 Å². The van der Waals surface area contributed by atoms with Crippen molar-refractivity contribution >= 4 is 45.9 Å². The Morgan fingerprint density at radius 2 is 0.857 bits per heavy atom. The summed E-state index contributed by atoms with van der Waals surface area (Å²) in [5.41, 5.74) is 11.5. The van der Waals surface area contributed by atoms with E-state index in [-0.39, 0.29) is 5.78 Å². The van der Waals surface area contributed by atoms with Crippen molar-refractivity contribution in [3.05, 3.63) is 225 Å². The molecule has 1 aliphatic carbocycles. The molecule has 278 valence electrons. The van der Waals surface area contributed by atoms with Gasteiger partial charge in [0, 0.05) is 45.3 Å². The lowest BCUT2D eigenvalue weighted by Crippen LogP contribution is -2.11. The van der Waals surface area contributed by atoms with Gasteiger partial charge in [0.2, 0.25) is 0 Å². The molecular weight excluding hydrogens is 689 g/mol. The monoisotopic (exact) mass is 734 g/mol. The molecule has 5 heteroatoms. The lowest BCUT2D eigenvalue weighted by Gasteiger charge is -2.26. The zero-order chi connectivity index (χ0) is 40.0. The van der Waals surface area contributed by atoms with E-state index in [0.717, 1.165) is 50.8 Å². The highest BCUT2D eigenvalue weighted by atomic mass is 16.5. The van der Waals surface area contributed by atoms with Crippen LogP contribution in [0.1, 0.15) is 19.4 Å². The Kier molecular flexibility index (Phi) is 13.7. The molecule has 6 aromatic carbocycles. The smallest absolute Gasteiger partial charge is 0.338 e. The summed E-state index contributed by atoms with van der Waals surface area (Å²) in [6.45, 7) is 18.7. The molecule has 7 rings (SSSR count). The second kappa shape index (κ2) is 19.2. The molecule has 0 bridgehead atoms. The summed E-state index contributed by atoms with van der Waals surface area (Å²) in [5, 5.41) is 0. The number of ether oxygens (including phenoxy) is 1. The van der Waals surface area contributed by atoms with E-state index >= 15 is 0 Å². The predicted molar refractivity (Wildman–Crippen MR) is 235 cm³/mol. The summed E-state index contributed by atoms with van der Waals surface area (Å²) in [7, 11) is 0. The van der Waals surface area contributed by atoms with Gasteiger partial charge >= 0.3 is 5.97 Å². The van der Waals surface area contributed by atoms with E-state index in [2.05, 4.69) is 152 Å². The number of hydrogen-bond donors (Lipinski definition) is 0. The summed E-state index contributed by atoms with van der Waals surface area (Å²) < 4.78 is 5.40. The van der Waals surface area contributed by atoms with Gasteiger partial charge in [-0.05, 0) is 122 Å². The Balaban J connectivity index is 0.000000476. The van der Waals surface area contributed by atoms with Gasteiger partial charge in [-0.15, -0.1) is 13.2 Å². The molecule has 0 radical (unpaired) electrons. The Morgan fingerprint density at radius 1 is 0.500 bits per heavy atom. The number of benzene rings is 6. The standard InChI is InChI=1S/C41H34N2O2.C8H8O.C2H4/c1-30(2)41(44)45-40-28-26-39(27-29-40)43(35-12-8-5-9-13-35)38-24-18-33(19-25-38)32-16-22-37(23-17-32)42(34-10-6-4-7-11-34)36-20-14-31(3)15-21-36;1-6(2)8(9)7-4-3-5-7;1-2/h4-29H,1H2,2-3H3;3-5H,1H2,2H3;1-2H2. The maximum Gasteiger partial charge on any atom is 0.338 e. The van der Waals surface area contributed by atoms with Crippen LogP contribution in [-0.2, 0) is 9.59 Å². The first kappa shape index (κ1) is 40.0. The van der Waals surface area contributed by atoms with Gasteiger partial charge in [-0.1, -0.05) is 110 Å². The van der Waals surface area contributed by atoms with Crippen molar-refractivity contribution in [3.8, 4) is 16.9 Å². The molecule has 0 aliphatic heterocycles. The summed E-state index contributed by atoms with van der Waals surface area (Å²) >= 11 is 0. The van der Waals surface area contributed by atoms with Gasteiger partial charge in [-0.2, -0.15) is 0 Å². The number of para-hydroxylation sites is 2. The molecule has 0 atom stereocenters. The fraction of sp³-hybridized carbons (Fsp3) is 0.0588. The minimum atomic E-state index is -0.436. The third-order valence-corrected chi connectivity index (χ3v) is 8.76. The molecule has 56 heavy (non-hydrogen) atoms. The highest BCUT2D eigenvalue weighted by Gasteiger charge is 2.15. The number of hydrogen-bond acceptors (Lipinski definition) is 5.